The summed E-state index contributed by atoms with van der Waals surface area (Å²) in [6.07, 6.45) is 5.02. The van der Waals surface area contributed by atoms with E-state index in [0.29, 0.717) is 5.92 Å². The molecule has 1 aromatic carbocycles. The molecule has 0 aliphatic carbocycles. The van der Waals surface area contributed by atoms with E-state index in [2.05, 4.69) is 6.07 Å². The zero-order chi connectivity index (χ0) is 12.1. The van der Waals surface area contributed by atoms with Gasteiger partial charge < -0.3 is 9.84 Å². The highest BCUT2D eigenvalue weighted by Gasteiger charge is 2.17. The van der Waals surface area contributed by atoms with Gasteiger partial charge in [0.25, 0.3) is 0 Å². The first-order chi connectivity index (χ1) is 8.27. The first-order valence-corrected chi connectivity index (χ1v) is 5.85. The maximum absolute atomic E-state index is 10.5. The molecule has 1 aliphatic rings. The molecule has 1 heterocycles. The molecule has 1 fully saturated rings. The molecule has 0 aromatic heterocycles. The van der Waals surface area contributed by atoms with Gasteiger partial charge in [0.1, 0.15) is 0 Å². The average molecular weight is 232 g/mol. The Kier molecular flexibility index (Phi) is 3.94. The minimum absolute atomic E-state index is 0.387. The number of rotatable bonds is 3. The van der Waals surface area contributed by atoms with Crippen LogP contribution in [0.15, 0.2) is 30.3 Å². The Bertz CT molecular complexity index is 417. The van der Waals surface area contributed by atoms with Gasteiger partial charge in [0.2, 0.25) is 0 Å². The monoisotopic (exact) mass is 232 g/mol. The molecular weight excluding hydrogens is 216 g/mol. The van der Waals surface area contributed by atoms with Gasteiger partial charge in [-0.2, -0.15) is 0 Å². The van der Waals surface area contributed by atoms with Crippen LogP contribution in [0.2, 0.25) is 0 Å². The Labute approximate surface area is 101 Å². The summed E-state index contributed by atoms with van der Waals surface area (Å²) >= 11 is 0. The zero-order valence-electron chi connectivity index (χ0n) is 9.63. The Morgan fingerprint density at radius 3 is 2.94 bits per heavy atom. The van der Waals surface area contributed by atoms with Crippen LogP contribution in [0.25, 0.3) is 6.08 Å². The Morgan fingerprint density at radius 2 is 2.24 bits per heavy atom. The van der Waals surface area contributed by atoms with Crippen LogP contribution in [-0.2, 0) is 9.53 Å². The number of aliphatic carboxylic acids is 1. The summed E-state index contributed by atoms with van der Waals surface area (Å²) in [6.45, 7) is 1.57. The highest BCUT2D eigenvalue weighted by molar-refractivity contribution is 5.85. The van der Waals surface area contributed by atoms with Gasteiger partial charge in [-0.05, 0) is 30.0 Å². The fourth-order valence-electron chi connectivity index (χ4n) is 2.18. The topological polar surface area (TPSA) is 46.5 Å². The molecule has 0 radical (unpaired) electrons. The Hall–Kier alpha value is -1.61. The van der Waals surface area contributed by atoms with E-state index in [1.165, 1.54) is 11.6 Å². The lowest BCUT2D eigenvalue weighted by molar-refractivity contribution is -0.131. The predicted octanol–water partition coefficient (Wildman–Crippen LogP) is 2.68. The Balaban J connectivity index is 2.23. The molecule has 0 unspecified atom stereocenters. The number of hydrogen-bond donors (Lipinski definition) is 1. The van der Waals surface area contributed by atoms with Gasteiger partial charge in [-0.3, -0.25) is 0 Å². The van der Waals surface area contributed by atoms with Gasteiger partial charge >= 0.3 is 5.97 Å². The average Bonchev–Trinajstić information content (AvgIpc) is 2.38. The van der Waals surface area contributed by atoms with Crippen molar-refractivity contribution in [2.75, 3.05) is 13.2 Å². The van der Waals surface area contributed by atoms with Crippen molar-refractivity contribution in [1.82, 2.24) is 0 Å². The summed E-state index contributed by atoms with van der Waals surface area (Å²) in [7, 11) is 0. The molecule has 0 saturated carbocycles. The smallest absolute Gasteiger partial charge is 0.328 e. The molecule has 1 saturated heterocycles. The quantitative estimate of drug-likeness (QED) is 0.815. The van der Waals surface area contributed by atoms with Crippen molar-refractivity contribution in [1.29, 1.82) is 0 Å². The molecule has 0 amide bonds. The van der Waals surface area contributed by atoms with E-state index in [1.807, 2.05) is 18.2 Å². The van der Waals surface area contributed by atoms with Crippen molar-refractivity contribution in [3.05, 3.63) is 41.5 Å². The summed E-state index contributed by atoms with van der Waals surface area (Å²) in [5.74, 6) is -0.530. The van der Waals surface area contributed by atoms with Crippen LogP contribution in [0.4, 0.5) is 0 Å². The summed E-state index contributed by atoms with van der Waals surface area (Å²) in [5.41, 5.74) is 2.16. The summed E-state index contributed by atoms with van der Waals surface area (Å²) in [4.78, 5) is 10.5. The highest BCUT2D eigenvalue weighted by atomic mass is 16.5. The minimum atomic E-state index is -0.917. The normalized spacial score (nSPS) is 20.6. The van der Waals surface area contributed by atoms with E-state index in [1.54, 1.807) is 6.08 Å². The van der Waals surface area contributed by atoms with Gasteiger partial charge in [0, 0.05) is 18.6 Å². The molecular formula is C14H16O3. The summed E-state index contributed by atoms with van der Waals surface area (Å²) in [6, 6.07) is 7.92. The third kappa shape index (κ3) is 3.17. The van der Waals surface area contributed by atoms with Crippen molar-refractivity contribution < 1.29 is 14.6 Å². The first kappa shape index (κ1) is 11.9. The van der Waals surface area contributed by atoms with Gasteiger partial charge in [0.15, 0.2) is 0 Å². The van der Waals surface area contributed by atoms with Gasteiger partial charge in [-0.25, -0.2) is 4.79 Å². The largest absolute Gasteiger partial charge is 0.478 e. The van der Waals surface area contributed by atoms with E-state index in [9.17, 15) is 4.79 Å². The molecule has 0 bridgehead atoms. The maximum atomic E-state index is 10.5. The van der Waals surface area contributed by atoms with E-state index >= 15 is 0 Å². The molecule has 3 heteroatoms. The van der Waals surface area contributed by atoms with Crippen molar-refractivity contribution in [3.8, 4) is 0 Å². The molecule has 1 N–H and O–H groups in total. The molecule has 0 spiro atoms. The van der Waals surface area contributed by atoms with Crippen LogP contribution < -0.4 is 0 Å². The fraction of sp³-hybridized carbons (Fsp3) is 0.357. The lowest BCUT2D eigenvalue weighted by atomic mass is 9.90. The Morgan fingerprint density at radius 1 is 1.41 bits per heavy atom. The van der Waals surface area contributed by atoms with Crippen LogP contribution in [0.1, 0.15) is 29.9 Å². The third-order valence-corrected chi connectivity index (χ3v) is 3.00. The number of ether oxygens (including phenoxy) is 1. The summed E-state index contributed by atoms with van der Waals surface area (Å²) < 4.78 is 5.48. The molecule has 1 aliphatic heterocycles. The standard InChI is InChI=1S/C14H16O3/c15-14(16)8-7-11-4-1-2-6-13(11)12-5-3-9-17-10-12/h1-2,4,6-8,12H,3,5,9-10H2,(H,15,16)/b8-7+/t12-/m1/s1. The first-order valence-electron chi connectivity index (χ1n) is 5.85. The van der Waals surface area contributed by atoms with Crippen molar-refractivity contribution >= 4 is 12.0 Å². The molecule has 3 nitrogen and oxygen atoms in total. The number of benzene rings is 1. The second-order valence-corrected chi connectivity index (χ2v) is 4.21. The number of carbonyl (C=O) groups is 1. The summed E-state index contributed by atoms with van der Waals surface area (Å²) in [5, 5.41) is 8.66. The zero-order valence-corrected chi connectivity index (χ0v) is 9.63. The molecule has 90 valence electrons. The van der Waals surface area contributed by atoms with Crippen LogP contribution in [0, 0.1) is 0 Å². The number of carboxylic acids is 1. The number of carboxylic acid groups (broad SMARTS) is 1. The SMILES string of the molecule is O=C(O)/C=C/c1ccccc1[C@@H]1CCCOC1. The lowest BCUT2D eigenvalue weighted by Gasteiger charge is -2.23. The van der Waals surface area contributed by atoms with Gasteiger partial charge in [-0.15, -0.1) is 0 Å². The number of hydrogen-bond acceptors (Lipinski definition) is 2. The lowest BCUT2D eigenvalue weighted by Crippen LogP contribution is -2.16. The maximum Gasteiger partial charge on any atom is 0.328 e. The molecule has 1 atom stereocenters. The predicted molar refractivity (Wildman–Crippen MR) is 65.9 cm³/mol. The highest BCUT2D eigenvalue weighted by Crippen LogP contribution is 2.28. The van der Waals surface area contributed by atoms with E-state index in [0.717, 1.165) is 31.6 Å². The van der Waals surface area contributed by atoms with Crippen LogP contribution >= 0.6 is 0 Å². The molecule has 2 rings (SSSR count). The van der Waals surface area contributed by atoms with Gasteiger partial charge in [0.05, 0.1) is 6.61 Å². The van der Waals surface area contributed by atoms with E-state index in [-0.39, 0.29) is 0 Å². The van der Waals surface area contributed by atoms with Crippen LogP contribution in [-0.4, -0.2) is 24.3 Å². The van der Waals surface area contributed by atoms with E-state index < -0.39 is 5.97 Å². The molecule has 1 aromatic rings. The van der Waals surface area contributed by atoms with Crippen molar-refractivity contribution in [2.45, 2.75) is 18.8 Å². The van der Waals surface area contributed by atoms with Crippen molar-refractivity contribution in [2.24, 2.45) is 0 Å². The van der Waals surface area contributed by atoms with E-state index in [4.69, 9.17) is 9.84 Å². The second kappa shape index (κ2) is 5.64. The second-order valence-electron chi connectivity index (χ2n) is 4.21. The molecule has 17 heavy (non-hydrogen) atoms. The minimum Gasteiger partial charge on any atom is -0.478 e. The van der Waals surface area contributed by atoms with Crippen molar-refractivity contribution in [3.63, 3.8) is 0 Å². The van der Waals surface area contributed by atoms with Crippen LogP contribution in [0.3, 0.4) is 0 Å². The fourth-order valence-corrected chi connectivity index (χ4v) is 2.18. The van der Waals surface area contributed by atoms with Crippen LogP contribution in [0.5, 0.6) is 0 Å². The van der Waals surface area contributed by atoms with Gasteiger partial charge in [-0.1, -0.05) is 24.3 Å². The third-order valence-electron chi connectivity index (χ3n) is 3.00.